The maximum Gasteiger partial charge on any atom is 0.126 e. The summed E-state index contributed by atoms with van der Waals surface area (Å²) in [7, 11) is 0. The first-order chi connectivity index (χ1) is 9.83. The van der Waals surface area contributed by atoms with Crippen LogP contribution < -0.4 is 5.73 Å². The predicted octanol–water partition coefficient (Wildman–Crippen LogP) is 3.69. The summed E-state index contributed by atoms with van der Waals surface area (Å²) in [4.78, 5) is 10.7. The van der Waals surface area contributed by atoms with Crippen molar-refractivity contribution in [2.45, 2.75) is 25.3 Å². The molecule has 0 saturated carbocycles. The van der Waals surface area contributed by atoms with Gasteiger partial charge in [0.1, 0.15) is 5.01 Å². The minimum atomic E-state index is 0.103. The number of hydrogen-bond acceptors (Lipinski definition) is 4. The van der Waals surface area contributed by atoms with Crippen LogP contribution >= 0.6 is 11.3 Å². The fourth-order valence-electron chi connectivity index (χ4n) is 2.84. The minimum absolute atomic E-state index is 0.103. The van der Waals surface area contributed by atoms with Gasteiger partial charge in [-0.15, -0.1) is 11.3 Å². The van der Waals surface area contributed by atoms with E-state index in [0.29, 0.717) is 0 Å². The SMILES string of the molecule is NC1CCCc2sc(-c3cccc4cccnc34)nc21. The second-order valence-electron chi connectivity index (χ2n) is 5.21. The molecule has 1 aromatic carbocycles. The molecule has 4 heteroatoms. The van der Waals surface area contributed by atoms with E-state index < -0.39 is 0 Å². The lowest BCUT2D eigenvalue weighted by Gasteiger charge is -2.15. The van der Waals surface area contributed by atoms with Crippen LogP contribution in [-0.2, 0) is 6.42 Å². The van der Waals surface area contributed by atoms with E-state index in [4.69, 9.17) is 10.7 Å². The molecule has 0 radical (unpaired) electrons. The first-order valence-corrected chi connectivity index (χ1v) is 7.74. The van der Waals surface area contributed by atoms with Crippen molar-refractivity contribution < 1.29 is 0 Å². The molecule has 3 nitrogen and oxygen atoms in total. The molecule has 20 heavy (non-hydrogen) atoms. The van der Waals surface area contributed by atoms with Crippen molar-refractivity contribution in [2.24, 2.45) is 5.73 Å². The molecule has 0 spiro atoms. The maximum absolute atomic E-state index is 6.18. The Hall–Kier alpha value is -1.78. The predicted molar refractivity (Wildman–Crippen MR) is 82.7 cm³/mol. The van der Waals surface area contributed by atoms with Gasteiger partial charge in [0.2, 0.25) is 0 Å². The summed E-state index contributed by atoms with van der Waals surface area (Å²) < 4.78 is 0. The average Bonchev–Trinajstić information content (AvgIpc) is 2.92. The molecular formula is C16H15N3S. The van der Waals surface area contributed by atoms with E-state index in [1.54, 1.807) is 11.3 Å². The van der Waals surface area contributed by atoms with Crippen molar-refractivity contribution in [2.75, 3.05) is 0 Å². The highest BCUT2D eigenvalue weighted by Crippen LogP contribution is 2.37. The van der Waals surface area contributed by atoms with E-state index in [2.05, 4.69) is 29.2 Å². The Morgan fingerprint density at radius 1 is 1.20 bits per heavy atom. The van der Waals surface area contributed by atoms with Gasteiger partial charge >= 0.3 is 0 Å². The van der Waals surface area contributed by atoms with E-state index in [0.717, 1.165) is 40.0 Å². The van der Waals surface area contributed by atoms with Gasteiger partial charge in [-0.2, -0.15) is 0 Å². The third kappa shape index (κ3) is 1.84. The number of nitrogens with zero attached hydrogens (tertiary/aromatic N) is 2. The Morgan fingerprint density at radius 2 is 2.10 bits per heavy atom. The number of thiazole rings is 1. The van der Waals surface area contributed by atoms with E-state index >= 15 is 0 Å². The number of benzene rings is 1. The normalized spacial score (nSPS) is 18.1. The molecule has 0 amide bonds. The molecule has 0 fully saturated rings. The van der Waals surface area contributed by atoms with Crippen LogP contribution in [0.5, 0.6) is 0 Å². The van der Waals surface area contributed by atoms with Crippen LogP contribution in [0.25, 0.3) is 21.5 Å². The van der Waals surface area contributed by atoms with Crippen LogP contribution in [0.4, 0.5) is 0 Å². The number of para-hydroxylation sites is 1. The Labute approximate surface area is 121 Å². The van der Waals surface area contributed by atoms with Crippen molar-refractivity contribution >= 4 is 22.2 Å². The van der Waals surface area contributed by atoms with Gasteiger partial charge in [0.15, 0.2) is 0 Å². The summed E-state index contributed by atoms with van der Waals surface area (Å²) in [5.74, 6) is 0. The van der Waals surface area contributed by atoms with E-state index in [1.807, 2.05) is 12.3 Å². The zero-order valence-corrected chi connectivity index (χ0v) is 11.9. The highest BCUT2D eigenvalue weighted by molar-refractivity contribution is 7.15. The molecular weight excluding hydrogens is 266 g/mol. The zero-order valence-electron chi connectivity index (χ0n) is 11.0. The molecule has 2 heterocycles. The van der Waals surface area contributed by atoms with Crippen LogP contribution in [0.1, 0.15) is 29.5 Å². The summed E-state index contributed by atoms with van der Waals surface area (Å²) in [6.07, 6.45) is 5.16. The first kappa shape index (κ1) is 12.0. The number of nitrogens with two attached hydrogens (primary N) is 1. The molecule has 0 aliphatic heterocycles. The molecule has 0 saturated heterocycles. The van der Waals surface area contributed by atoms with Gasteiger partial charge in [-0.25, -0.2) is 4.98 Å². The van der Waals surface area contributed by atoms with Crippen LogP contribution in [0, 0.1) is 0 Å². The summed E-state index contributed by atoms with van der Waals surface area (Å²) >= 11 is 1.78. The van der Waals surface area contributed by atoms with Crippen molar-refractivity contribution in [1.29, 1.82) is 0 Å². The Bertz CT molecular complexity index is 773. The summed E-state index contributed by atoms with van der Waals surface area (Å²) in [5.41, 5.74) is 9.42. The van der Waals surface area contributed by atoms with Gasteiger partial charge in [-0.1, -0.05) is 18.2 Å². The number of rotatable bonds is 1. The molecule has 0 bridgehead atoms. The van der Waals surface area contributed by atoms with Gasteiger partial charge in [0.25, 0.3) is 0 Å². The third-order valence-corrected chi connectivity index (χ3v) is 5.03. The number of aromatic nitrogens is 2. The standard InChI is InChI=1S/C16H15N3S/c17-12-7-2-8-13-15(12)19-16(20-13)11-6-1-4-10-5-3-9-18-14(10)11/h1,3-6,9,12H,2,7-8,17H2. The molecule has 2 N–H and O–H groups in total. The first-order valence-electron chi connectivity index (χ1n) is 6.92. The highest BCUT2D eigenvalue weighted by Gasteiger charge is 2.22. The summed E-state index contributed by atoms with van der Waals surface area (Å²) in [6.45, 7) is 0. The van der Waals surface area contributed by atoms with Gasteiger partial charge < -0.3 is 5.73 Å². The van der Waals surface area contributed by atoms with E-state index in [-0.39, 0.29) is 6.04 Å². The number of pyridine rings is 1. The van der Waals surface area contributed by atoms with Crippen molar-refractivity contribution in [1.82, 2.24) is 9.97 Å². The molecule has 1 atom stereocenters. The lowest BCUT2D eigenvalue weighted by atomic mass is 9.99. The quantitative estimate of drug-likeness (QED) is 0.740. The number of hydrogen-bond donors (Lipinski definition) is 1. The molecule has 1 unspecified atom stereocenters. The fourth-order valence-corrected chi connectivity index (χ4v) is 4.04. The highest BCUT2D eigenvalue weighted by atomic mass is 32.1. The molecule has 3 aromatic rings. The Morgan fingerprint density at radius 3 is 3.00 bits per heavy atom. The molecule has 4 rings (SSSR count). The number of aryl methyl sites for hydroxylation is 1. The summed E-state index contributed by atoms with van der Waals surface area (Å²) in [5, 5.41) is 2.21. The average molecular weight is 281 g/mol. The van der Waals surface area contributed by atoms with E-state index in [9.17, 15) is 0 Å². The monoisotopic (exact) mass is 281 g/mol. The Kier molecular flexibility index (Phi) is 2.79. The van der Waals surface area contributed by atoms with Crippen LogP contribution in [-0.4, -0.2) is 9.97 Å². The molecule has 1 aliphatic carbocycles. The van der Waals surface area contributed by atoms with Crippen molar-refractivity contribution in [3.8, 4) is 10.6 Å². The van der Waals surface area contributed by atoms with Gasteiger partial charge in [-0.3, -0.25) is 4.98 Å². The number of fused-ring (bicyclic) bond motifs is 2. The molecule has 2 aromatic heterocycles. The van der Waals surface area contributed by atoms with Crippen LogP contribution in [0.3, 0.4) is 0 Å². The van der Waals surface area contributed by atoms with Gasteiger partial charge in [-0.05, 0) is 31.4 Å². The smallest absolute Gasteiger partial charge is 0.126 e. The van der Waals surface area contributed by atoms with Gasteiger partial charge in [0, 0.05) is 28.1 Å². The summed E-state index contributed by atoms with van der Waals surface area (Å²) in [6, 6.07) is 10.4. The lowest BCUT2D eigenvalue weighted by Crippen LogP contribution is -2.16. The second-order valence-corrected chi connectivity index (χ2v) is 6.29. The van der Waals surface area contributed by atoms with Crippen molar-refractivity contribution in [3.05, 3.63) is 47.1 Å². The lowest BCUT2D eigenvalue weighted by molar-refractivity contribution is 0.564. The van der Waals surface area contributed by atoms with Crippen LogP contribution in [0.2, 0.25) is 0 Å². The third-order valence-electron chi connectivity index (χ3n) is 3.86. The largest absolute Gasteiger partial charge is 0.323 e. The maximum atomic E-state index is 6.18. The second kappa shape index (κ2) is 4.65. The van der Waals surface area contributed by atoms with E-state index in [1.165, 1.54) is 11.3 Å². The molecule has 1 aliphatic rings. The van der Waals surface area contributed by atoms with Gasteiger partial charge in [0.05, 0.1) is 11.2 Å². The zero-order chi connectivity index (χ0) is 13.5. The van der Waals surface area contributed by atoms with Crippen molar-refractivity contribution in [3.63, 3.8) is 0 Å². The van der Waals surface area contributed by atoms with Crippen LogP contribution in [0.15, 0.2) is 36.5 Å². The minimum Gasteiger partial charge on any atom is -0.323 e. The Balaban J connectivity index is 1.92. The molecule has 100 valence electrons. The topological polar surface area (TPSA) is 51.8 Å². The fraction of sp³-hybridized carbons (Fsp3) is 0.250.